The highest BCUT2D eigenvalue weighted by atomic mass is 14.7. The summed E-state index contributed by atoms with van der Waals surface area (Å²) in [5, 5.41) is 0. The topological polar surface area (TPSA) is 38.7 Å². The fourth-order valence-electron chi connectivity index (χ4n) is 2.34. The van der Waals surface area contributed by atoms with Crippen molar-refractivity contribution in [3.8, 4) is 0 Å². The molecule has 0 aliphatic rings. The minimum absolute atomic E-state index is 0.596. The molecule has 0 aromatic carbocycles. The van der Waals surface area contributed by atoms with Gasteiger partial charge in [-0.25, -0.2) is 0 Å². The number of pyridine rings is 3. The highest BCUT2D eigenvalue weighted by molar-refractivity contribution is 5.13. The molecule has 32 heavy (non-hydrogen) atoms. The molecule has 3 heterocycles. The summed E-state index contributed by atoms with van der Waals surface area (Å²) >= 11 is 0. The second-order valence-electron chi connectivity index (χ2n) is 7.44. The van der Waals surface area contributed by atoms with Gasteiger partial charge in [0.25, 0.3) is 0 Å². The van der Waals surface area contributed by atoms with Crippen LogP contribution in [0.1, 0.15) is 110 Å². The van der Waals surface area contributed by atoms with E-state index in [1.165, 1.54) is 16.8 Å². The number of aromatic nitrogens is 3. The van der Waals surface area contributed by atoms with E-state index in [1.54, 1.807) is 6.20 Å². The summed E-state index contributed by atoms with van der Waals surface area (Å²) in [6.07, 6.45) is 10.4. The lowest BCUT2D eigenvalue weighted by molar-refractivity contribution is 0.708. The fourth-order valence-corrected chi connectivity index (χ4v) is 2.34. The van der Waals surface area contributed by atoms with Crippen molar-refractivity contribution in [1.29, 1.82) is 0 Å². The van der Waals surface area contributed by atoms with Crippen molar-refractivity contribution in [2.24, 2.45) is 0 Å². The first-order valence-electron chi connectivity index (χ1n) is 12.2. The van der Waals surface area contributed by atoms with Crippen LogP contribution in [0.15, 0.2) is 73.4 Å². The highest BCUT2D eigenvalue weighted by Crippen LogP contribution is 2.14. The molecule has 178 valence electrons. The second kappa shape index (κ2) is 21.7. The highest BCUT2D eigenvalue weighted by Gasteiger charge is 2.00. The molecule has 0 bridgehead atoms. The van der Waals surface area contributed by atoms with Crippen molar-refractivity contribution >= 4 is 0 Å². The zero-order valence-electron chi connectivity index (χ0n) is 22.2. The van der Waals surface area contributed by atoms with Crippen molar-refractivity contribution < 1.29 is 0 Å². The first kappa shape index (κ1) is 31.6. The largest absolute Gasteiger partial charge is 0.265 e. The molecule has 1 atom stereocenters. The lowest BCUT2D eigenvalue weighted by atomic mass is 10.1. The van der Waals surface area contributed by atoms with Gasteiger partial charge in [-0.3, -0.25) is 15.0 Å². The molecule has 3 nitrogen and oxygen atoms in total. The van der Waals surface area contributed by atoms with E-state index in [-0.39, 0.29) is 0 Å². The molecule has 0 N–H and O–H groups in total. The van der Waals surface area contributed by atoms with Crippen molar-refractivity contribution in [2.75, 3.05) is 0 Å². The van der Waals surface area contributed by atoms with Crippen LogP contribution in [0.3, 0.4) is 0 Å². The maximum absolute atomic E-state index is 4.25. The third-order valence-corrected chi connectivity index (χ3v) is 4.53. The van der Waals surface area contributed by atoms with E-state index in [0.29, 0.717) is 17.8 Å². The van der Waals surface area contributed by atoms with Crippen LogP contribution in [0.2, 0.25) is 0 Å². The molecule has 0 radical (unpaired) electrons. The van der Waals surface area contributed by atoms with E-state index in [1.807, 2.05) is 82.8 Å². The summed E-state index contributed by atoms with van der Waals surface area (Å²) in [5.74, 6) is 1.81. The zero-order chi connectivity index (χ0) is 24.8. The normalized spacial score (nSPS) is 10.1. The van der Waals surface area contributed by atoms with Gasteiger partial charge in [0.2, 0.25) is 0 Å². The molecule has 3 rings (SSSR count). The Labute approximate surface area is 198 Å². The molecule has 0 spiro atoms. The summed E-state index contributed by atoms with van der Waals surface area (Å²) in [7, 11) is 0. The minimum Gasteiger partial charge on any atom is -0.265 e. The lowest BCUT2D eigenvalue weighted by Gasteiger charge is -2.05. The van der Waals surface area contributed by atoms with E-state index < -0.39 is 0 Å². The molecule has 0 aliphatic carbocycles. The Morgan fingerprint density at radius 2 is 1.22 bits per heavy atom. The number of nitrogens with zero attached hydrogens (tertiary/aromatic N) is 3. The molecule has 3 aromatic heterocycles. The van der Waals surface area contributed by atoms with Crippen LogP contribution >= 0.6 is 0 Å². The van der Waals surface area contributed by atoms with Crippen LogP contribution in [-0.2, 0) is 0 Å². The average molecular weight is 438 g/mol. The molecule has 0 aliphatic heterocycles. The Morgan fingerprint density at radius 1 is 0.625 bits per heavy atom. The maximum atomic E-state index is 4.25. The van der Waals surface area contributed by atoms with E-state index >= 15 is 0 Å². The molecule has 0 amide bonds. The van der Waals surface area contributed by atoms with Crippen LogP contribution < -0.4 is 0 Å². The Bertz CT molecular complexity index is 683. The molecule has 0 saturated carbocycles. The van der Waals surface area contributed by atoms with Crippen LogP contribution in [0.4, 0.5) is 0 Å². The van der Waals surface area contributed by atoms with Gasteiger partial charge in [0.15, 0.2) is 0 Å². The predicted octanol–water partition coefficient (Wildman–Crippen LogP) is 9.06. The Balaban J connectivity index is 0. The Morgan fingerprint density at radius 3 is 1.56 bits per heavy atom. The van der Waals surface area contributed by atoms with Crippen LogP contribution in [0.5, 0.6) is 0 Å². The molecule has 3 heteroatoms. The van der Waals surface area contributed by atoms with Gasteiger partial charge in [0.05, 0.1) is 0 Å². The predicted molar refractivity (Wildman–Crippen MR) is 142 cm³/mol. The van der Waals surface area contributed by atoms with Crippen molar-refractivity contribution in [3.63, 3.8) is 0 Å². The zero-order valence-corrected chi connectivity index (χ0v) is 22.2. The van der Waals surface area contributed by atoms with Gasteiger partial charge in [0, 0.05) is 36.7 Å². The van der Waals surface area contributed by atoms with E-state index in [4.69, 9.17) is 0 Å². The molecule has 3 aromatic rings. The third-order valence-electron chi connectivity index (χ3n) is 4.53. The summed E-state index contributed by atoms with van der Waals surface area (Å²) in [6, 6.07) is 14.2. The number of hydrogen-bond donors (Lipinski definition) is 0. The van der Waals surface area contributed by atoms with Gasteiger partial charge >= 0.3 is 0 Å². The van der Waals surface area contributed by atoms with Gasteiger partial charge in [0.1, 0.15) is 0 Å². The third kappa shape index (κ3) is 15.3. The molecular formula is C29H47N3. The fraction of sp³-hybridized carbons (Fsp3) is 0.483. The van der Waals surface area contributed by atoms with Crippen LogP contribution in [-0.4, -0.2) is 15.0 Å². The summed E-state index contributed by atoms with van der Waals surface area (Å²) < 4.78 is 0. The SMILES string of the molecule is CC.CC.CC(C)c1cccnc1.CC(C)c1ccncc1.CCC(C)c1ccccn1. The standard InChI is InChI=1S/C9H13N.2C8H11N.2C2H6/c1-3-8(2)9-6-4-5-7-10-9;1-7(2)8-3-5-9-6-4-8;1-7(2)8-4-3-5-9-6-8;2*1-2/h4-8H,3H2,1-2H3;2*3-7H,1-2H3;2*1-2H3. The maximum Gasteiger partial charge on any atom is 0.0431 e. The van der Waals surface area contributed by atoms with Crippen molar-refractivity contribution in [3.05, 3.63) is 90.3 Å². The van der Waals surface area contributed by atoms with E-state index in [9.17, 15) is 0 Å². The summed E-state index contributed by atoms with van der Waals surface area (Å²) in [5.41, 5.74) is 3.85. The quantitative estimate of drug-likeness (QED) is 0.408. The van der Waals surface area contributed by atoms with Gasteiger partial charge in [-0.1, -0.05) is 81.4 Å². The van der Waals surface area contributed by atoms with Crippen molar-refractivity contribution in [2.45, 2.75) is 93.4 Å². The number of hydrogen-bond acceptors (Lipinski definition) is 3. The van der Waals surface area contributed by atoms with E-state index in [2.05, 4.69) is 68.6 Å². The molecule has 0 fully saturated rings. The monoisotopic (exact) mass is 437 g/mol. The smallest absolute Gasteiger partial charge is 0.0431 e. The van der Waals surface area contributed by atoms with Crippen LogP contribution in [0, 0.1) is 0 Å². The average Bonchev–Trinajstić information content (AvgIpc) is 2.88. The second-order valence-corrected chi connectivity index (χ2v) is 7.44. The van der Waals surface area contributed by atoms with Crippen molar-refractivity contribution in [1.82, 2.24) is 15.0 Å². The Hall–Kier alpha value is -2.55. The van der Waals surface area contributed by atoms with Crippen LogP contribution in [0.25, 0.3) is 0 Å². The Kier molecular flexibility index (Phi) is 21.4. The summed E-state index contributed by atoms with van der Waals surface area (Å²) in [4.78, 5) is 12.2. The molecular weight excluding hydrogens is 390 g/mol. The summed E-state index contributed by atoms with van der Waals surface area (Å²) in [6.45, 7) is 21.1. The first-order valence-corrected chi connectivity index (χ1v) is 12.2. The lowest BCUT2D eigenvalue weighted by Crippen LogP contribution is -1.93. The van der Waals surface area contributed by atoms with Gasteiger partial charge in [-0.05, 0) is 65.6 Å². The van der Waals surface area contributed by atoms with Gasteiger partial charge < -0.3 is 0 Å². The molecule has 1 unspecified atom stereocenters. The number of rotatable bonds is 4. The van der Waals surface area contributed by atoms with Gasteiger partial charge in [-0.15, -0.1) is 0 Å². The van der Waals surface area contributed by atoms with Gasteiger partial charge in [-0.2, -0.15) is 0 Å². The minimum atomic E-state index is 0.596. The van der Waals surface area contributed by atoms with E-state index in [0.717, 1.165) is 6.42 Å². The first-order chi connectivity index (χ1) is 15.5. The molecule has 0 saturated heterocycles.